The van der Waals surface area contributed by atoms with Gasteiger partial charge in [-0.15, -0.1) is 0 Å². The Morgan fingerprint density at radius 1 is 1.07 bits per heavy atom. The summed E-state index contributed by atoms with van der Waals surface area (Å²) in [6.07, 6.45) is 0.703. The molecule has 1 saturated heterocycles. The summed E-state index contributed by atoms with van der Waals surface area (Å²) in [7, 11) is -3.54. The van der Waals surface area contributed by atoms with Gasteiger partial charge in [-0.3, -0.25) is 4.79 Å². The number of carbonyl (C=O) groups is 2. The molecule has 0 saturated carbocycles. The molecule has 0 bridgehead atoms. The van der Waals surface area contributed by atoms with Crippen molar-refractivity contribution >= 4 is 27.6 Å². The highest BCUT2D eigenvalue weighted by atomic mass is 32.2. The van der Waals surface area contributed by atoms with Crippen molar-refractivity contribution in [2.45, 2.75) is 37.7 Å². The zero-order valence-electron chi connectivity index (χ0n) is 16.4. The first-order valence-electron chi connectivity index (χ1n) is 9.46. The summed E-state index contributed by atoms with van der Waals surface area (Å²) in [5.74, 6) is -1.14. The van der Waals surface area contributed by atoms with E-state index in [1.807, 2.05) is 25.1 Å². The first-order valence-corrected chi connectivity index (χ1v) is 10.9. The molecule has 154 valence electrons. The van der Waals surface area contributed by atoms with E-state index in [-0.39, 0.29) is 10.5 Å². The van der Waals surface area contributed by atoms with Crippen LogP contribution in [0.1, 0.15) is 35.7 Å². The van der Waals surface area contributed by atoms with Crippen LogP contribution in [0.25, 0.3) is 0 Å². The molecule has 8 heteroatoms. The molecule has 1 aliphatic heterocycles. The van der Waals surface area contributed by atoms with Crippen LogP contribution in [0.3, 0.4) is 0 Å². The summed E-state index contributed by atoms with van der Waals surface area (Å²) < 4.78 is 31.7. The molecule has 2 aromatic rings. The Balaban J connectivity index is 1.62. The van der Waals surface area contributed by atoms with Crippen LogP contribution in [0.15, 0.2) is 53.4 Å². The largest absolute Gasteiger partial charge is 0.449 e. The van der Waals surface area contributed by atoms with Crippen molar-refractivity contribution in [1.29, 1.82) is 0 Å². The highest BCUT2D eigenvalue weighted by molar-refractivity contribution is 7.89. The van der Waals surface area contributed by atoms with Crippen LogP contribution in [0, 0.1) is 6.92 Å². The number of hydrogen-bond acceptors (Lipinski definition) is 5. The summed E-state index contributed by atoms with van der Waals surface area (Å²) in [6, 6.07) is 12.9. The smallest absolute Gasteiger partial charge is 0.338 e. The van der Waals surface area contributed by atoms with E-state index in [2.05, 4.69) is 5.32 Å². The molecule has 29 heavy (non-hydrogen) atoms. The molecule has 0 spiro atoms. The number of ether oxygens (including phenoxy) is 1. The molecule has 1 aliphatic rings. The number of carbonyl (C=O) groups excluding carboxylic acids is 2. The Hall–Kier alpha value is -2.71. The molecular weight excluding hydrogens is 392 g/mol. The van der Waals surface area contributed by atoms with Crippen molar-refractivity contribution in [2.75, 3.05) is 18.4 Å². The molecule has 1 N–H and O–H groups in total. The monoisotopic (exact) mass is 416 g/mol. The third-order valence-corrected chi connectivity index (χ3v) is 6.64. The lowest BCUT2D eigenvalue weighted by molar-refractivity contribution is -0.123. The summed E-state index contributed by atoms with van der Waals surface area (Å²) in [5, 5.41) is 2.70. The van der Waals surface area contributed by atoms with Gasteiger partial charge in [0, 0.05) is 18.8 Å². The van der Waals surface area contributed by atoms with Gasteiger partial charge in [0.15, 0.2) is 6.10 Å². The second-order valence-corrected chi connectivity index (χ2v) is 8.98. The van der Waals surface area contributed by atoms with Crippen LogP contribution in [0.2, 0.25) is 0 Å². The van der Waals surface area contributed by atoms with Crippen LogP contribution in [0.4, 0.5) is 5.69 Å². The number of benzene rings is 2. The topological polar surface area (TPSA) is 92.8 Å². The SMILES string of the molecule is Cc1cccc(NC(=O)[C@H](C)OC(=O)c2ccc(S(=O)(=O)N3CCCC3)cc2)c1. The quantitative estimate of drug-likeness (QED) is 0.731. The van der Waals surface area contributed by atoms with Crippen molar-refractivity contribution in [3.63, 3.8) is 0 Å². The lowest BCUT2D eigenvalue weighted by Gasteiger charge is -2.16. The van der Waals surface area contributed by atoms with Gasteiger partial charge in [0.2, 0.25) is 10.0 Å². The zero-order valence-corrected chi connectivity index (χ0v) is 17.2. The van der Waals surface area contributed by atoms with Crippen molar-refractivity contribution in [3.8, 4) is 0 Å². The Bertz CT molecular complexity index is 996. The molecule has 7 nitrogen and oxygen atoms in total. The fraction of sp³-hybridized carbons (Fsp3) is 0.333. The molecule has 1 amide bonds. The number of hydrogen-bond donors (Lipinski definition) is 1. The maximum Gasteiger partial charge on any atom is 0.338 e. The summed E-state index contributed by atoms with van der Waals surface area (Å²) >= 11 is 0. The van der Waals surface area contributed by atoms with Crippen molar-refractivity contribution in [1.82, 2.24) is 4.31 Å². The summed E-state index contributed by atoms with van der Waals surface area (Å²) in [4.78, 5) is 24.7. The molecule has 0 unspecified atom stereocenters. The minimum atomic E-state index is -3.54. The Kier molecular flexibility index (Phi) is 6.34. The number of anilines is 1. The fourth-order valence-corrected chi connectivity index (χ4v) is 4.61. The third kappa shape index (κ3) is 5.02. The van der Waals surface area contributed by atoms with E-state index in [4.69, 9.17) is 4.74 Å². The van der Waals surface area contributed by atoms with Gasteiger partial charge in [0.25, 0.3) is 5.91 Å². The molecule has 0 aromatic heterocycles. The normalized spacial score (nSPS) is 15.7. The maximum absolute atomic E-state index is 12.5. The van der Waals surface area contributed by atoms with Crippen LogP contribution in [-0.4, -0.2) is 43.8 Å². The zero-order chi connectivity index (χ0) is 21.0. The Labute approximate surface area is 170 Å². The Morgan fingerprint density at radius 2 is 1.72 bits per heavy atom. The number of nitrogens with one attached hydrogen (secondary N) is 1. The second-order valence-electron chi connectivity index (χ2n) is 7.04. The van der Waals surface area contributed by atoms with E-state index in [0.29, 0.717) is 18.8 Å². The highest BCUT2D eigenvalue weighted by Crippen LogP contribution is 2.21. The average molecular weight is 416 g/mol. The number of sulfonamides is 1. The fourth-order valence-electron chi connectivity index (χ4n) is 3.09. The predicted octanol–water partition coefficient (Wildman–Crippen LogP) is 2.96. The van der Waals surface area contributed by atoms with Gasteiger partial charge in [-0.05, 0) is 68.7 Å². The predicted molar refractivity (Wildman–Crippen MR) is 109 cm³/mol. The van der Waals surface area contributed by atoms with Crippen molar-refractivity contribution in [2.24, 2.45) is 0 Å². The van der Waals surface area contributed by atoms with Gasteiger partial charge in [-0.25, -0.2) is 13.2 Å². The van der Waals surface area contributed by atoms with Gasteiger partial charge >= 0.3 is 5.97 Å². The third-order valence-electron chi connectivity index (χ3n) is 4.73. The first kappa shape index (κ1) is 21.0. The van der Waals surface area contributed by atoms with Crippen molar-refractivity contribution in [3.05, 3.63) is 59.7 Å². The molecule has 2 aromatic carbocycles. The maximum atomic E-state index is 12.5. The number of rotatable bonds is 6. The molecule has 1 fully saturated rings. The summed E-state index contributed by atoms with van der Waals surface area (Å²) in [6.45, 7) is 4.42. The van der Waals surface area contributed by atoms with E-state index in [1.54, 1.807) is 6.07 Å². The second kappa shape index (κ2) is 8.75. The minimum absolute atomic E-state index is 0.140. The van der Waals surface area contributed by atoms with E-state index in [1.165, 1.54) is 35.5 Å². The van der Waals surface area contributed by atoms with E-state index < -0.39 is 28.0 Å². The molecule has 0 aliphatic carbocycles. The van der Waals surface area contributed by atoms with E-state index in [0.717, 1.165) is 18.4 Å². The highest BCUT2D eigenvalue weighted by Gasteiger charge is 2.27. The lowest BCUT2D eigenvalue weighted by Crippen LogP contribution is -2.30. The molecule has 3 rings (SSSR count). The molecule has 1 heterocycles. The number of esters is 1. The van der Waals surface area contributed by atoms with Crippen LogP contribution < -0.4 is 5.32 Å². The number of nitrogens with zero attached hydrogens (tertiary/aromatic N) is 1. The number of aryl methyl sites for hydroxylation is 1. The van der Waals surface area contributed by atoms with Gasteiger partial charge in [-0.1, -0.05) is 12.1 Å². The van der Waals surface area contributed by atoms with Gasteiger partial charge < -0.3 is 10.1 Å². The standard InChI is InChI=1S/C21H24N2O5S/c1-15-6-5-7-18(14-15)22-20(24)16(2)28-21(25)17-8-10-19(11-9-17)29(26,27)23-12-3-4-13-23/h5-11,14,16H,3-4,12-13H2,1-2H3,(H,22,24)/t16-/m0/s1. The van der Waals surface area contributed by atoms with Crippen LogP contribution in [-0.2, 0) is 19.6 Å². The van der Waals surface area contributed by atoms with Crippen molar-refractivity contribution < 1.29 is 22.7 Å². The Morgan fingerprint density at radius 3 is 2.34 bits per heavy atom. The number of amides is 1. The van der Waals surface area contributed by atoms with Gasteiger partial charge in [0.05, 0.1) is 10.5 Å². The van der Waals surface area contributed by atoms with Crippen LogP contribution >= 0.6 is 0 Å². The minimum Gasteiger partial charge on any atom is -0.449 e. The van der Waals surface area contributed by atoms with Crippen LogP contribution in [0.5, 0.6) is 0 Å². The first-order chi connectivity index (χ1) is 13.8. The summed E-state index contributed by atoms with van der Waals surface area (Å²) in [5.41, 5.74) is 1.80. The average Bonchev–Trinajstić information content (AvgIpc) is 3.23. The molecule has 1 atom stereocenters. The molecular formula is C21H24N2O5S. The van der Waals surface area contributed by atoms with E-state index in [9.17, 15) is 18.0 Å². The lowest BCUT2D eigenvalue weighted by atomic mass is 10.2. The molecule has 0 radical (unpaired) electrons. The van der Waals surface area contributed by atoms with E-state index >= 15 is 0 Å². The van der Waals surface area contributed by atoms with Gasteiger partial charge in [0.1, 0.15) is 0 Å². The van der Waals surface area contributed by atoms with Gasteiger partial charge in [-0.2, -0.15) is 4.31 Å².